The first kappa shape index (κ1) is 14.2. The van der Waals surface area contributed by atoms with Crippen molar-refractivity contribution >= 4 is 11.9 Å². The molecule has 0 bridgehead atoms. The van der Waals surface area contributed by atoms with Crippen LogP contribution in [0.1, 0.15) is 12.0 Å². The number of nitrogens with one attached hydrogen (secondary N) is 1. The molecule has 0 saturated heterocycles. The van der Waals surface area contributed by atoms with Gasteiger partial charge in [0.2, 0.25) is 5.91 Å². The van der Waals surface area contributed by atoms with E-state index in [1.807, 2.05) is 6.07 Å². The quantitative estimate of drug-likeness (QED) is 0.557. The SMILES string of the molecule is CNC(=O)[C@@H]1C[C@@]1(C(=O)[O-])c1ccccc1.[Na+]. The average Bonchev–Trinajstić information content (AvgIpc) is 3.06. The first-order chi connectivity index (χ1) is 7.63. The van der Waals surface area contributed by atoms with Gasteiger partial charge in [-0.2, -0.15) is 0 Å². The zero-order chi connectivity index (χ0) is 11.8. The van der Waals surface area contributed by atoms with Crippen LogP contribution in [-0.2, 0) is 15.0 Å². The van der Waals surface area contributed by atoms with Crippen molar-refractivity contribution in [2.24, 2.45) is 5.92 Å². The number of carboxylic acid groups (broad SMARTS) is 1. The molecule has 4 nitrogen and oxygen atoms in total. The van der Waals surface area contributed by atoms with Crippen molar-refractivity contribution < 1.29 is 44.3 Å². The molecule has 1 aromatic carbocycles. The van der Waals surface area contributed by atoms with Crippen molar-refractivity contribution in [1.82, 2.24) is 5.32 Å². The van der Waals surface area contributed by atoms with Crippen LogP contribution in [0.3, 0.4) is 0 Å². The summed E-state index contributed by atoms with van der Waals surface area (Å²) < 4.78 is 0. The minimum Gasteiger partial charge on any atom is -0.549 e. The molecule has 0 unspecified atom stereocenters. The summed E-state index contributed by atoms with van der Waals surface area (Å²) >= 11 is 0. The molecule has 2 rings (SSSR count). The summed E-state index contributed by atoms with van der Waals surface area (Å²) in [5.41, 5.74) is -0.481. The summed E-state index contributed by atoms with van der Waals surface area (Å²) in [5.74, 6) is -1.93. The van der Waals surface area contributed by atoms with E-state index in [0.29, 0.717) is 12.0 Å². The maximum Gasteiger partial charge on any atom is 1.00 e. The third-order valence-corrected chi connectivity index (χ3v) is 3.18. The summed E-state index contributed by atoms with van der Waals surface area (Å²) in [5, 5.41) is 13.7. The zero-order valence-electron chi connectivity index (χ0n) is 9.90. The Morgan fingerprint density at radius 2 is 1.94 bits per heavy atom. The number of carboxylic acids is 1. The molecule has 1 N–H and O–H groups in total. The molecule has 0 heterocycles. The molecular weight excluding hydrogens is 229 g/mol. The van der Waals surface area contributed by atoms with Gasteiger partial charge in [0.1, 0.15) is 0 Å². The number of amides is 1. The van der Waals surface area contributed by atoms with Crippen molar-refractivity contribution in [3.05, 3.63) is 35.9 Å². The van der Waals surface area contributed by atoms with E-state index in [1.165, 1.54) is 7.05 Å². The molecule has 1 aliphatic carbocycles. The minimum absolute atomic E-state index is 0. The first-order valence-corrected chi connectivity index (χ1v) is 5.11. The fourth-order valence-corrected chi connectivity index (χ4v) is 2.15. The normalized spacial score (nSPS) is 25.6. The molecule has 0 aromatic heterocycles. The second kappa shape index (κ2) is 5.21. The van der Waals surface area contributed by atoms with E-state index in [9.17, 15) is 14.7 Å². The van der Waals surface area contributed by atoms with Crippen molar-refractivity contribution in [2.75, 3.05) is 7.05 Å². The molecule has 1 aromatic rings. The summed E-state index contributed by atoms with van der Waals surface area (Å²) in [6, 6.07) is 8.78. The fraction of sp³-hybridized carbons (Fsp3) is 0.333. The molecule has 1 amide bonds. The van der Waals surface area contributed by atoms with E-state index in [0.717, 1.165) is 0 Å². The molecule has 84 valence electrons. The summed E-state index contributed by atoms with van der Waals surface area (Å²) in [4.78, 5) is 22.7. The Labute approximate surface area is 122 Å². The van der Waals surface area contributed by atoms with Gasteiger partial charge in [0.05, 0.1) is 11.9 Å². The topological polar surface area (TPSA) is 69.2 Å². The fourth-order valence-electron chi connectivity index (χ4n) is 2.15. The molecule has 17 heavy (non-hydrogen) atoms. The van der Waals surface area contributed by atoms with Gasteiger partial charge in [0, 0.05) is 12.5 Å². The Balaban J connectivity index is 0.00000144. The van der Waals surface area contributed by atoms with Crippen molar-refractivity contribution in [2.45, 2.75) is 11.8 Å². The summed E-state index contributed by atoms with van der Waals surface area (Å²) in [6.07, 6.45) is 0.318. The van der Waals surface area contributed by atoms with Crippen LogP contribution in [0, 0.1) is 5.92 Å². The molecule has 1 fully saturated rings. The van der Waals surface area contributed by atoms with E-state index < -0.39 is 17.3 Å². The standard InChI is InChI=1S/C12H13NO3.Na/c1-13-10(14)9-7-12(9,11(15)16)8-5-3-2-4-6-8;/h2-6,9H,7H2,1H3,(H,13,14)(H,15,16);/q;+1/p-1/t9-,12+;/m0./s1. The van der Waals surface area contributed by atoms with Crippen molar-refractivity contribution in [1.29, 1.82) is 0 Å². The van der Waals surface area contributed by atoms with Gasteiger partial charge in [-0.15, -0.1) is 0 Å². The number of hydrogen-bond donors (Lipinski definition) is 1. The van der Waals surface area contributed by atoms with Crippen molar-refractivity contribution in [3.63, 3.8) is 0 Å². The zero-order valence-corrected chi connectivity index (χ0v) is 11.9. The van der Waals surface area contributed by atoms with Crippen molar-refractivity contribution in [3.8, 4) is 0 Å². The Hall–Kier alpha value is -0.840. The maximum atomic E-state index is 11.5. The van der Waals surface area contributed by atoms with Crippen LogP contribution >= 0.6 is 0 Å². The molecule has 0 aliphatic heterocycles. The Bertz CT molecular complexity index is 435. The van der Waals surface area contributed by atoms with E-state index in [2.05, 4.69) is 5.32 Å². The van der Waals surface area contributed by atoms with Crippen LogP contribution in [0.5, 0.6) is 0 Å². The van der Waals surface area contributed by atoms with Gasteiger partial charge in [-0.05, 0) is 12.0 Å². The number of aliphatic carboxylic acids is 1. The maximum absolute atomic E-state index is 11.5. The van der Waals surface area contributed by atoms with Crippen LogP contribution in [0.4, 0.5) is 0 Å². The number of carbonyl (C=O) groups is 2. The third kappa shape index (κ3) is 2.25. The average molecular weight is 241 g/mol. The van der Waals surface area contributed by atoms with Crippen LogP contribution < -0.4 is 40.0 Å². The monoisotopic (exact) mass is 241 g/mol. The van der Waals surface area contributed by atoms with Gasteiger partial charge in [-0.25, -0.2) is 0 Å². The van der Waals surface area contributed by atoms with Gasteiger partial charge in [0.15, 0.2) is 0 Å². The molecule has 1 aliphatic rings. The first-order valence-electron chi connectivity index (χ1n) is 5.11. The van der Waals surface area contributed by atoms with Gasteiger partial charge >= 0.3 is 29.6 Å². The molecule has 1 saturated carbocycles. The second-order valence-corrected chi connectivity index (χ2v) is 4.00. The predicted molar refractivity (Wildman–Crippen MR) is 55.3 cm³/mol. The van der Waals surface area contributed by atoms with E-state index >= 15 is 0 Å². The number of carbonyl (C=O) groups excluding carboxylic acids is 2. The van der Waals surface area contributed by atoms with Gasteiger partial charge in [-0.1, -0.05) is 30.3 Å². The molecular formula is C12H12NNaO3. The van der Waals surface area contributed by atoms with Gasteiger partial charge < -0.3 is 15.2 Å². The third-order valence-electron chi connectivity index (χ3n) is 3.18. The van der Waals surface area contributed by atoms with Gasteiger partial charge in [-0.3, -0.25) is 4.79 Å². The Kier molecular flexibility index (Phi) is 4.36. The molecule has 0 spiro atoms. The number of hydrogen-bond acceptors (Lipinski definition) is 3. The Morgan fingerprint density at radius 1 is 1.35 bits per heavy atom. The van der Waals surface area contributed by atoms with Gasteiger partial charge in [0.25, 0.3) is 0 Å². The summed E-state index contributed by atoms with van der Waals surface area (Å²) in [6.45, 7) is 0. The van der Waals surface area contributed by atoms with Crippen LogP contribution in [0.15, 0.2) is 30.3 Å². The second-order valence-electron chi connectivity index (χ2n) is 4.00. The minimum atomic E-state index is -1.17. The molecule has 0 radical (unpaired) electrons. The summed E-state index contributed by atoms with van der Waals surface area (Å²) in [7, 11) is 1.51. The molecule has 5 heteroatoms. The van der Waals surface area contributed by atoms with E-state index in [-0.39, 0.29) is 35.5 Å². The van der Waals surface area contributed by atoms with Crippen LogP contribution in [0.2, 0.25) is 0 Å². The molecule has 2 atom stereocenters. The predicted octanol–water partition coefficient (Wildman–Crippen LogP) is -3.56. The van der Waals surface area contributed by atoms with E-state index in [1.54, 1.807) is 24.3 Å². The largest absolute Gasteiger partial charge is 1.00 e. The smallest absolute Gasteiger partial charge is 0.549 e. The number of rotatable bonds is 3. The van der Waals surface area contributed by atoms with Crippen LogP contribution in [0.25, 0.3) is 0 Å². The van der Waals surface area contributed by atoms with E-state index in [4.69, 9.17) is 0 Å². The Morgan fingerprint density at radius 3 is 2.41 bits per heavy atom. The number of benzene rings is 1. The van der Waals surface area contributed by atoms with Crippen LogP contribution in [-0.4, -0.2) is 18.9 Å².